The third kappa shape index (κ3) is 7.21. The lowest BCUT2D eigenvalue weighted by atomic mass is 10.1. The van der Waals surface area contributed by atoms with Crippen molar-refractivity contribution in [3.05, 3.63) is 0 Å². The molecule has 84 valence electrons. The minimum Gasteiger partial charge on any atom is -0.355 e. The highest BCUT2D eigenvalue weighted by atomic mass is 32.2. The Morgan fingerprint density at radius 1 is 1.36 bits per heavy atom. The molecule has 0 spiro atoms. The predicted octanol–water partition coefficient (Wildman–Crippen LogP) is 1.37. The number of amides is 1. The van der Waals surface area contributed by atoms with E-state index in [1.54, 1.807) is 13.8 Å². The van der Waals surface area contributed by atoms with Gasteiger partial charge in [-0.1, -0.05) is 6.42 Å². The molecule has 0 radical (unpaired) electrons. The largest absolute Gasteiger partial charge is 0.355 e. The highest BCUT2D eigenvalue weighted by Gasteiger charge is 2.20. The van der Waals surface area contributed by atoms with Crippen molar-refractivity contribution in [3.63, 3.8) is 0 Å². The number of unbranched alkanes of at least 4 members (excludes halogenated alkanes) is 2. The van der Waals surface area contributed by atoms with E-state index in [-0.39, 0.29) is 5.91 Å². The van der Waals surface area contributed by atoms with Crippen LogP contribution in [-0.2, 0) is 4.79 Å². The average molecular weight is 218 g/mol. The van der Waals surface area contributed by atoms with Crippen molar-refractivity contribution in [2.75, 3.05) is 18.6 Å². The standard InChI is InChI=1S/C10H22N2OS/c1-10(2,11)9(13)12-7-5-4-6-8-14-3/h4-8,11H2,1-3H3,(H,12,13). The van der Waals surface area contributed by atoms with E-state index in [9.17, 15) is 4.79 Å². The predicted molar refractivity (Wildman–Crippen MR) is 63.5 cm³/mol. The van der Waals surface area contributed by atoms with Crippen LogP contribution in [0.15, 0.2) is 0 Å². The van der Waals surface area contributed by atoms with Crippen LogP contribution in [0.4, 0.5) is 0 Å². The van der Waals surface area contributed by atoms with Gasteiger partial charge in [0.15, 0.2) is 0 Å². The van der Waals surface area contributed by atoms with Gasteiger partial charge in [-0.15, -0.1) is 0 Å². The SMILES string of the molecule is CSCCCCCNC(=O)C(C)(C)N. The molecule has 0 atom stereocenters. The van der Waals surface area contributed by atoms with Crippen molar-refractivity contribution in [2.24, 2.45) is 5.73 Å². The molecule has 0 aromatic carbocycles. The maximum atomic E-state index is 11.3. The molecule has 0 heterocycles. The van der Waals surface area contributed by atoms with Crippen LogP contribution in [-0.4, -0.2) is 30.0 Å². The molecule has 0 fully saturated rings. The zero-order valence-electron chi connectivity index (χ0n) is 9.43. The molecule has 0 aliphatic carbocycles. The Bertz CT molecular complexity index is 166. The van der Waals surface area contributed by atoms with Crippen molar-refractivity contribution < 1.29 is 4.79 Å². The summed E-state index contributed by atoms with van der Waals surface area (Å²) in [5, 5.41) is 2.83. The van der Waals surface area contributed by atoms with Crippen LogP contribution in [0.5, 0.6) is 0 Å². The Kier molecular flexibility index (Phi) is 7.01. The van der Waals surface area contributed by atoms with Gasteiger partial charge in [0.25, 0.3) is 0 Å². The summed E-state index contributed by atoms with van der Waals surface area (Å²) in [6, 6.07) is 0. The van der Waals surface area contributed by atoms with Crippen LogP contribution in [0.1, 0.15) is 33.1 Å². The third-order valence-electron chi connectivity index (χ3n) is 1.90. The number of hydrogen-bond acceptors (Lipinski definition) is 3. The first kappa shape index (κ1) is 13.8. The summed E-state index contributed by atoms with van der Waals surface area (Å²) in [7, 11) is 0. The fourth-order valence-corrected chi connectivity index (χ4v) is 1.47. The number of carbonyl (C=O) groups is 1. The monoisotopic (exact) mass is 218 g/mol. The van der Waals surface area contributed by atoms with E-state index in [4.69, 9.17) is 5.73 Å². The Balaban J connectivity index is 3.33. The van der Waals surface area contributed by atoms with Crippen molar-refractivity contribution in [3.8, 4) is 0 Å². The van der Waals surface area contributed by atoms with Crippen LogP contribution in [0.25, 0.3) is 0 Å². The molecule has 3 nitrogen and oxygen atoms in total. The Morgan fingerprint density at radius 3 is 2.50 bits per heavy atom. The van der Waals surface area contributed by atoms with Crippen LogP contribution in [0.3, 0.4) is 0 Å². The summed E-state index contributed by atoms with van der Waals surface area (Å²) in [6.45, 7) is 4.18. The van der Waals surface area contributed by atoms with Gasteiger partial charge in [0.2, 0.25) is 5.91 Å². The molecule has 0 rings (SSSR count). The van der Waals surface area contributed by atoms with E-state index in [2.05, 4.69) is 11.6 Å². The lowest BCUT2D eigenvalue weighted by Gasteiger charge is -2.17. The first-order chi connectivity index (χ1) is 6.48. The third-order valence-corrected chi connectivity index (χ3v) is 2.59. The number of nitrogens with two attached hydrogens (primary N) is 1. The lowest BCUT2D eigenvalue weighted by molar-refractivity contribution is -0.125. The van der Waals surface area contributed by atoms with Crippen molar-refractivity contribution >= 4 is 17.7 Å². The van der Waals surface area contributed by atoms with Gasteiger partial charge in [0.05, 0.1) is 5.54 Å². The quantitative estimate of drug-likeness (QED) is 0.635. The fourth-order valence-electron chi connectivity index (χ4n) is 0.978. The zero-order chi connectivity index (χ0) is 11.0. The van der Waals surface area contributed by atoms with Crippen molar-refractivity contribution in [2.45, 2.75) is 38.6 Å². The number of thioether (sulfide) groups is 1. The van der Waals surface area contributed by atoms with Crippen LogP contribution < -0.4 is 11.1 Å². The van der Waals surface area contributed by atoms with Crippen LogP contribution in [0.2, 0.25) is 0 Å². The molecule has 0 aromatic rings. The number of nitrogens with one attached hydrogen (secondary N) is 1. The first-order valence-corrected chi connectivity index (χ1v) is 6.44. The summed E-state index contributed by atoms with van der Waals surface area (Å²) < 4.78 is 0. The summed E-state index contributed by atoms with van der Waals surface area (Å²) in [6.07, 6.45) is 5.55. The van der Waals surface area contributed by atoms with E-state index >= 15 is 0 Å². The lowest BCUT2D eigenvalue weighted by Crippen LogP contribution is -2.49. The number of carbonyl (C=O) groups excluding carboxylic acids is 1. The first-order valence-electron chi connectivity index (χ1n) is 5.04. The van der Waals surface area contributed by atoms with E-state index < -0.39 is 5.54 Å². The Morgan fingerprint density at radius 2 is 2.00 bits per heavy atom. The molecule has 0 aliphatic rings. The second kappa shape index (κ2) is 7.12. The molecule has 0 aromatic heterocycles. The molecule has 0 saturated heterocycles. The van der Waals surface area contributed by atoms with Gasteiger partial charge < -0.3 is 11.1 Å². The molecule has 0 aliphatic heterocycles. The highest BCUT2D eigenvalue weighted by Crippen LogP contribution is 2.02. The summed E-state index contributed by atoms with van der Waals surface area (Å²) in [5.41, 5.74) is 4.88. The van der Waals surface area contributed by atoms with Crippen molar-refractivity contribution in [1.82, 2.24) is 5.32 Å². The van der Waals surface area contributed by atoms with E-state index in [1.807, 2.05) is 11.8 Å². The summed E-state index contributed by atoms with van der Waals surface area (Å²) in [5.74, 6) is 1.14. The molecule has 1 amide bonds. The average Bonchev–Trinajstić information content (AvgIpc) is 2.09. The second-order valence-corrected chi connectivity index (χ2v) is 5.02. The molecular formula is C10H22N2OS. The zero-order valence-corrected chi connectivity index (χ0v) is 10.2. The Labute approximate surface area is 91.2 Å². The summed E-state index contributed by atoms with van der Waals surface area (Å²) >= 11 is 1.86. The van der Waals surface area contributed by atoms with Gasteiger partial charge in [-0.3, -0.25) is 4.79 Å². The normalized spacial score (nSPS) is 11.4. The van der Waals surface area contributed by atoms with E-state index in [0.29, 0.717) is 0 Å². The molecule has 0 unspecified atom stereocenters. The van der Waals surface area contributed by atoms with Gasteiger partial charge in [0.1, 0.15) is 0 Å². The maximum absolute atomic E-state index is 11.3. The second-order valence-electron chi connectivity index (χ2n) is 4.03. The van der Waals surface area contributed by atoms with Gasteiger partial charge in [-0.2, -0.15) is 11.8 Å². The number of hydrogen-bond donors (Lipinski definition) is 2. The molecule has 14 heavy (non-hydrogen) atoms. The van der Waals surface area contributed by atoms with Gasteiger partial charge in [-0.25, -0.2) is 0 Å². The Hall–Kier alpha value is -0.220. The molecular weight excluding hydrogens is 196 g/mol. The van der Waals surface area contributed by atoms with Crippen LogP contribution in [0, 0.1) is 0 Å². The molecule has 0 saturated carbocycles. The van der Waals surface area contributed by atoms with Gasteiger partial charge >= 0.3 is 0 Å². The van der Waals surface area contributed by atoms with Crippen LogP contribution >= 0.6 is 11.8 Å². The maximum Gasteiger partial charge on any atom is 0.239 e. The minimum absolute atomic E-state index is 0.0673. The minimum atomic E-state index is -0.751. The van der Waals surface area contributed by atoms with E-state index in [0.717, 1.165) is 13.0 Å². The summed E-state index contributed by atoms with van der Waals surface area (Å²) in [4.78, 5) is 11.3. The fraction of sp³-hybridized carbons (Fsp3) is 0.900. The molecule has 3 N–H and O–H groups in total. The van der Waals surface area contributed by atoms with Gasteiger partial charge in [-0.05, 0) is 38.7 Å². The van der Waals surface area contributed by atoms with Gasteiger partial charge in [0, 0.05) is 6.54 Å². The smallest absolute Gasteiger partial charge is 0.239 e. The molecule has 4 heteroatoms. The van der Waals surface area contributed by atoms with Crippen molar-refractivity contribution in [1.29, 1.82) is 0 Å². The molecule has 0 bridgehead atoms. The highest BCUT2D eigenvalue weighted by molar-refractivity contribution is 7.98. The van der Waals surface area contributed by atoms with E-state index in [1.165, 1.54) is 18.6 Å². The number of rotatable bonds is 7. The topological polar surface area (TPSA) is 55.1 Å².